The van der Waals surface area contributed by atoms with E-state index in [-0.39, 0.29) is 5.91 Å². The number of hydrogen-bond acceptors (Lipinski definition) is 4. The van der Waals surface area contributed by atoms with Crippen molar-refractivity contribution in [3.63, 3.8) is 0 Å². The number of alkyl carbamates (subject to hydrolysis) is 1. The Morgan fingerprint density at radius 3 is 2.30 bits per heavy atom. The molecule has 1 saturated heterocycles. The molecule has 134 valence electrons. The Bertz CT molecular complexity index is 367. The van der Waals surface area contributed by atoms with E-state index in [1.165, 1.54) is 12.8 Å². The van der Waals surface area contributed by atoms with Gasteiger partial charge >= 0.3 is 6.09 Å². The summed E-state index contributed by atoms with van der Waals surface area (Å²) < 4.78 is 5.26. The van der Waals surface area contributed by atoms with Crippen molar-refractivity contribution in [2.75, 3.05) is 19.6 Å². The molecule has 0 unspecified atom stereocenters. The Morgan fingerprint density at radius 1 is 1.04 bits per heavy atom. The van der Waals surface area contributed by atoms with Gasteiger partial charge in [-0.25, -0.2) is 4.79 Å². The molecule has 1 aliphatic heterocycles. The Hall–Kier alpha value is -1.30. The van der Waals surface area contributed by atoms with E-state index in [1.54, 1.807) is 0 Å². The van der Waals surface area contributed by atoms with E-state index in [0.29, 0.717) is 13.0 Å². The van der Waals surface area contributed by atoms with Gasteiger partial charge in [0.1, 0.15) is 11.6 Å². The molecule has 1 aliphatic rings. The van der Waals surface area contributed by atoms with Crippen LogP contribution in [0.4, 0.5) is 4.79 Å². The van der Waals surface area contributed by atoms with Gasteiger partial charge in [0, 0.05) is 6.54 Å². The first-order chi connectivity index (χ1) is 10.9. The summed E-state index contributed by atoms with van der Waals surface area (Å²) in [4.78, 5) is 24.2. The number of amides is 2. The molecule has 1 rings (SSSR count). The highest BCUT2D eigenvalue weighted by Gasteiger charge is 2.23. The second-order valence-corrected chi connectivity index (χ2v) is 7.15. The first kappa shape index (κ1) is 19.7. The molecular weight excluding hydrogens is 294 g/mol. The van der Waals surface area contributed by atoms with Gasteiger partial charge in [-0.05, 0) is 66.0 Å². The standard InChI is InChI=1S/C17H33N3O3/c1-17(2,3)23-16(22)20-14-10-6-9-12-18-11-7-4-5-8-13-19-15(14)21/h14,18H,4-13H2,1-3H3,(H,19,21)(H,20,22)/t14-/m0/s1. The van der Waals surface area contributed by atoms with Crippen molar-refractivity contribution in [2.24, 2.45) is 0 Å². The van der Waals surface area contributed by atoms with Gasteiger partial charge in [0.05, 0.1) is 0 Å². The molecule has 0 radical (unpaired) electrons. The fourth-order valence-electron chi connectivity index (χ4n) is 2.51. The minimum atomic E-state index is -0.563. The zero-order valence-corrected chi connectivity index (χ0v) is 14.9. The monoisotopic (exact) mass is 327 g/mol. The summed E-state index contributed by atoms with van der Waals surface area (Å²) in [6, 6.07) is -0.521. The highest BCUT2D eigenvalue weighted by atomic mass is 16.6. The van der Waals surface area contributed by atoms with E-state index < -0.39 is 17.7 Å². The van der Waals surface area contributed by atoms with E-state index in [1.807, 2.05) is 20.8 Å². The minimum absolute atomic E-state index is 0.110. The van der Waals surface area contributed by atoms with Crippen LogP contribution >= 0.6 is 0 Å². The Balaban J connectivity index is 2.52. The maximum atomic E-state index is 12.3. The van der Waals surface area contributed by atoms with Crippen LogP contribution in [0.5, 0.6) is 0 Å². The topological polar surface area (TPSA) is 79.5 Å². The fraction of sp³-hybridized carbons (Fsp3) is 0.882. The summed E-state index contributed by atoms with van der Waals surface area (Å²) in [7, 11) is 0. The predicted octanol–water partition coefficient (Wildman–Crippen LogP) is 2.33. The van der Waals surface area contributed by atoms with E-state index in [0.717, 1.165) is 38.8 Å². The molecule has 0 aromatic rings. The second kappa shape index (κ2) is 10.5. The molecule has 0 spiro atoms. The summed E-state index contributed by atoms with van der Waals surface area (Å²) in [6.07, 6.45) is 6.46. The molecule has 0 saturated carbocycles. The Morgan fingerprint density at radius 2 is 1.65 bits per heavy atom. The lowest BCUT2D eigenvalue weighted by Crippen LogP contribution is -2.48. The zero-order valence-electron chi connectivity index (χ0n) is 14.9. The first-order valence-electron chi connectivity index (χ1n) is 8.86. The lowest BCUT2D eigenvalue weighted by Gasteiger charge is -2.23. The molecule has 2 amide bonds. The largest absolute Gasteiger partial charge is 0.444 e. The van der Waals surface area contributed by atoms with E-state index in [9.17, 15) is 9.59 Å². The third-order valence-corrected chi connectivity index (χ3v) is 3.68. The predicted molar refractivity (Wildman–Crippen MR) is 91.4 cm³/mol. The van der Waals surface area contributed by atoms with Crippen molar-refractivity contribution >= 4 is 12.0 Å². The third kappa shape index (κ3) is 10.2. The molecule has 6 heteroatoms. The van der Waals surface area contributed by atoms with Crippen molar-refractivity contribution in [2.45, 2.75) is 77.4 Å². The number of nitrogens with one attached hydrogen (secondary N) is 3. The fourth-order valence-corrected chi connectivity index (χ4v) is 2.51. The summed E-state index contributed by atoms with van der Waals surface area (Å²) in [6.45, 7) is 8.12. The van der Waals surface area contributed by atoms with Crippen LogP contribution in [0.1, 0.15) is 65.7 Å². The molecule has 1 heterocycles. The lowest BCUT2D eigenvalue weighted by atomic mass is 10.1. The van der Waals surface area contributed by atoms with E-state index >= 15 is 0 Å². The van der Waals surface area contributed by atoms with Gasteiger partial charge in [0.15, 0.2) is 0 Å². The zero-order chi connectivity index (χ0) is 17.1. The van der Waals surface area contributed by atoms with Crippen molar-refractivity contribution in [3.05, 3.63) is 0 Å². The van der Waals surface area contributed by atoms with E-state index in [2.05, 4.69) is 16.0 Å². The van der Waals surface area contributed by atoms with Crippen LogP contribution in [0, 0.1) is 0 Å². The molecule has 0 bridgehead atoms. The molecule has 1 atom stereocenters. The SMILES string of the molecule is CC(C)(C)OC(=O)N[C@H]1CCCCNCCCCCCNC1=O. The number of carbonyl (C=O) groups is 2. The molecular formula is C17H33N3O3. The number of hydrogen-bond donors (Lipinski definition) is 3. The number of rotatable bonds is 1. The quantitative estimate of drug-likeness (QED) is 0.690. The Labute approximate surface area is 140 Å². The number of carbonyl (C=O) groups excluding carboxylic acids is 2. The smallest absolute Gasteiger partial charge is 0.408 e. The molecule has 0 aromatic heterocycles. The van der Waals surface area contributed by atoms with Gasteiger partial charge in [0.25, 0.3) is 0 Å². The average Bonchev–Trinajstić information content (AvgIpc) is 2.44. The maximum Gasteiger partial charge on any atom is 0.408 e. The summed E-state index contributed by atoms with van der Waals surface area (Å²) in [5, 5.41) is 9.07. The van der Waals surface area contributed by atoms with Gasteiger partial charge in [-0.1, -0.05) is 12.8 Å². The number of ether oxygens (including phenoxy) is 1. The Kier molecular flexibility index (Phi) is 8.99. The molecule has 0 aromatic carbocycles. The highest BCUT2D eigenvalue weighted by molar-refractivity contribution is 5.85. The van der Waals surface area contributed by atoms with Gasteiger partial charge in [-0.2, -0.15) is 0 Å². The first-order valence-corrected chi connectivity index (χ1v) is 8.86. The minimum Gasteiger partial charge on any atom is -0.444 e. The van der Waals surface area contributed by atoms with Crippen molar-refractivity contribution < 1.29 is 14.3 Å². The molecule has 0 aliphatic carbocycles. The van der Waals surface area contributed by atoms with Crippen LogP contribution in [0.15, 0.2) is 0 Å². The van der Waals surface area contributed by atoms with Crippen molar-refractivity contribution in [3.8, 4) is 0 Å². The summed E-state index contributed by atoms with van der Waals surface area (Å²) in [5.74, 6) is -0.110. The van der Waals surface area contributed by atoms with Gasteiger partial charge in [-0.15, -0.1) is 0 Å². The molecule has 3 N–H and O–H groups in total. The maximum absolute atomic E-state index is 12.3. The van der Waals surface area contributed by atoms with E-state index in [4.69, 9.17) is 4.74 Å². The van der Waals surface area contributed by atoms with Crippen LogP contribution < -0.4 is 16.0 Å². The van der Waals surface area contributed by atoms with Crippen molar-refractivity contribution in [1.29, 1.82) is 0 Å². The summed E-state index contributed by atoms with van der Waals surface area (Å²) in [5.41, 5.74) is -0.563. The highest BCUT2D eigenvalue weighted by Crippen LogP contribution is 2.09. The molecule has 23 heavy (non-hydrogen) atoms. The van der Waals surface area contributed by atoms with Crippen LogP contribution in [0.3, 0.4) is 0 Å². The molecule has 1 fully saturated rings. The van der Waals surface area contributed by atoms with Gasteiger partial charge in [-0.3, -0.25) is 4.79 Å². The van der Waals surface area contributed by atoms with Gasteiger partial charge < -0.3 is 20.7 Å². The normalized spacial score (nSPS) is 22.6. The molecule has 6 nitrogen and oxygen atoms in total. The van der Waals surface area contributed by atoms with Crippen LogP contribution in [-0.4, -0.2) is 43.3 Å². The van der Waals surface area contributed by atoms with Crippen LogP contribution in [0.25, 0.3) is 0 Å². The second-order valence-electron chi connectivity index (χ2n) is 7.15. The van der Waals surface area contributed by atoms with Crippen LogP contribution in [0.2, 0.25) is 0 Å². The van der Waals surface area contributed by atoms with Crippen LogP contribution in [-0.2, 0) is 9.53 Å². The van der Waals surface area contributed by atoms with Crippen molar-refractivity contribution in [1.82, 2.24) is 16.0 Å². The average molecular weight is 327 g/mol. The lowest BCUT2D eigenvalue weighted by molar-refractivity contribution is -0.123. The third-order valence-electron chi connectivity index (χ3n) is 3.68. The van der Waals surface area contributed by atoms with Gasteiger partial charge in [0.2, 0.25) is 5.91 Å². The summed E-state index contributed by atoms with van der Waals surface area (Å²) >= 11 is 0.